The smallest absolute Gasteiger partial charge is 0.335 e. The molecule has 5 aromatic rings. The van der Waals surface area contributed by atoms with E-state index in [-0.39, 0.29) is 21.9 Å². The van der Waals surface area contributed by atoms with E-state index in [1.807, 2.05) is 48.6 Å². The van der Waals surface area contributed by atoms with Crippen molar-refractivity contribution in [3.05, 3.63) is 218 Å². The number of allylic oxidation sites excluding steroid dienone is 7. The maximum atomic E-state index is 11.8. The van der Waals surface area contributed by atoms with Gasteiger partial charge < -0.3 is 30.5 Å². The topological polar surface area (TPSA) is 205 Å². The van der Waals surface area contributed by atoms with E-state index in [0.717, 1.165) is 0 Å². The number of aromatic nitrogens is 1. The summed E-state index contributed by atoms with van der Waals surface area (Å²) >= 11 is 0. The van der Waals surface area contributed by atoms with E-state index in [9.17, 15) is 39.9 Å². The lowest BCUT2D eigenvalue weighted by Gasteiger charge is -2.13. The Morgan fingerprint density at radius 2 is 0.733 bits per heavy atom. The second-order valence-electron chi connectivity index (χ2n) is 14.0. The van der Waals surface area contributed by atoms with Crippen LogP contribution in [0.15, 0.2) is 178 Å². The minimum Gasteiger partial charge on any atom is -0.481 e. The quantitative estimate of drug-likeness (QED) is 0.104. The minimum absolute atomic E-state index is 0.111. The largest absolute Gasteiger partial charge is 0.481 e. The molecule has 12 nitrogen and oxygen atoms in total. The number of carbonyl (C=O) groups is 3. The number of rotatable bonds is 6. The van der Waals surface area contributed by atoms with E-state index >= 15 is 0 Å². The number of H-pyrrole nitrogens is 1. The normalized spacial score (nSPS) is 15.4. The van der Waals surface area contributed by atoms with Crippen LogP contribution in [0.2, 0.25) is 0 Å². The van der Waals surface area contributed by atoms with Crippen LogP contribution in [0.4, 0.5) is 0 Å². The molecule has 0 atom stereocenters. The summed E-state index contributed by atoms with van der Waals surface area (Å²) in [4.78, 5) is 54.5. The summed E-state index contributed by atoms with van der Waals surface area (Å²) in [6, 6.07) is 29.9. The predicted molar refractivity (Wildman–Crippen MR) is 227 cm³/mol. The number of benzene rings is 4. The van der Waals surface area contributed by atoms with E-state index in [2.05, 4.69) is 4.98 Å². The van der Waals surface area contributed by atoms with E-state index in [1.165, 1.54) is 36.4 Å². The van der Waals surface area contributed by atoms with Gasteiger partial charge in [-0.25, -0.2) is 29.4 Å². The van der Waals surface area contributed by atoms with Crippen LogP contribution < -0.4 is 10.4 Å². The zero-order valence-electron chi connectivity index (χ0n) is 31.2. The Kier molecular flexibility index (Phi) is 9.06. The van der Waals surface area contributed by atoms with E-state index in [4.69, 9.17) is 15.0 Å². The number of nitrogens with zero attached hydrogens (tertiary/aromatic N) is 3. The molecule has 9 rings (SSSR count). The first kappa shape index (κ1) is 37.0. The van der Waals surface area contributed by atoms with Crippen LogP contribution in [0.25, 0.3) is 28.2 Å². The summed E-state index contributed by atoms with van der Waals surface area (Å²) in [7, 11) is 0. The van der Waals surface area contributed by atoms with Crippen molar-refractivity contribution in [1.82, 2.24) is 4.98 Å². The van der Waals surface area contributed by atoms with Gasteiger partial charge in [0.05, 0.1) is 56.1 Å². The average molecular weight is 791 g/mol. The zero-order chi connectivity index (χ0) is 41.7. The van der Waals surface area contributed by atoms with Crippen LogP contribution in [-0.2, 0) is 0 Å². The first-order valence-electron chi connectivity index (χ1n) is 18.5. The monoisotopic (exact) mass is 790 g/mol. The summed E-state index contributed by atoms with van der Waals surface area (Å²) < 4.78 is 0. The molecular formula is C48H30N4O8. The molecule has 4 aliphatic rings. The number of fused-ring (bicyclic) bond motifs is 5. The standard InChI is InChI=1S/C48H30N4O8/c53-45(54)29-9-1-25(2-10-29)41-33-17-19-35(49-33)42(26-3-11-30(12-4-26)46(55)56)37-21-23-39(51-37)44(28-7-15-32(16-8-28)48(59)60)40-24-22-38(52-40)43(36-20-18-34(41)50-36)27-5-13-31(14-6-27)47(57)58/h1-24,49,57-58H,(H,53,54)(H,55,56)(H,59,60). The Bertz CT molecular complexity index is 3120. The molecule has 0 unspecified atom stereocenters. The first-order chi connectivity index (χ1) is 29.0. The van der Waals surface area contributed by atoms with Gasteiger partial charge >= 0.3 is 17.9 Å². The molecule has 0 spiro atoms. The summed E-state index contributed by atoms with van der Waals surface area (Å²) in [5.74, 6) is -4.02. The third-order valence-electron chi connectivity index (χ3n) is 10.4. The molecule has 5 heterocycles. The number of aromatic carboxylic acids is 3. The van der Waals surface area contributed by atoms with Crippen molar-refractivity contribution in [2.75, 3.05) is 0 Å². The maximum absolute atomic E-state index is 11.8. The summed E-state index contributed by atoms with van der Waals surface area (Å²) in [5, 5.41) is 49.5. The third-order valence-corrected chi connectivity index (χ3v) is 10.4. The SMILES string of the molecule is O=C(O)c1ccc(C2=C3C=CC(=N3)C(=c3ccc(=C(O)O)cc3)C3=NC(=C(c4ccc(C(=O)O)cc4)c4ccc([nH]4)C(c4ccc(C(=O)O)cc4)=C4C=CC2=N4)C=C3)cc1. The Morgan fingerprint density at radius 3 is 1.10 bits per heavy atom. The fourth-order valence-electron chi connectivity index (χ4n) is 7.47. The predicted octanol–water partition coefficient (Wildman–Crippen LogP) is 7.12. The summed E-state index contributed by atoms with van der Waals surface area (Å²) in [5.41, 5.74) is 9.51. The number of aliphatic hydroxyl groups excluding tert-OH is 1. The van der Waals surface area contributed by atoms with E-state index in [0.29, 0.717) is 89.8 Å². The van der Waals surface area contributed by atoms with Gasteiger partial charge in [-0.1, -0.05) is 48.5 Å². The highest BCUT2D eigenvalue weighted by molar-refractivity contribution is 6.51. The number of carboxylic acids is 3. The number of hydrogen-bond acceptors (Lipinski definition) is 8. The van der Waals surface area contributed by atoms with Crippen LogP contribution >= 0.6 is 0 Å². The molecule has 0 amide bonds. The second kappa shape index (κ2) is 14.7. The molecule has 60 heavy (non-hydrogen) atoms. The lowest BCUT2D eigenvalue weighted by molar-refractivity contribution is 0.0686. The molecule has 6 N–H and O–H groups in total. The number of aliphatic hydroxyl groups is 2. The van der Waals surface area contributed by atoms with Crippen LogP contribution in [0.3, 0.4) is 0 Å². The molecule has 0 radical (unpaired) electrons. The van der Waals surface area contributed by atoms with Gasteiger partial charge in [-0.3, -0.25) is 0 Å². The first-order valence-corrected chi connectivity index (χ1v) is 18.5. The highest BCUT2D eigenvalue weighted by Gasteiger charge is 2.26. The van der Waals surface area contributed by atoms with Crippen molar-refractivity contribution in [3.63, 3.8) is 0 Å². The van der Waals surface area contributed by atoms with Gasteiger partial charge in [-0.05, 0) is 119 Å². The lowest BCUT2D eigenvalue weighted by atomic mass is 9.97. The Balaban J connectivity index is 1.36. The molecule has 0 saturated heterocycles. The number of hydrogen-bond donors (Lipinski definition) is 6. The summed E-state index contributed by atoms with van der Waals surface area (Å²) in [6.07, 6.45) is 11.1. The molecule has 4 aromatic carbocycles. The van der Waals surface area contributed by atoms with Gasteiger partial charge in [0.2, 0.25) is 0 Å². The van der Waals surface area contributed by atoms with Gasteiger partial charge in [0.15, 0.2) is 0 Å². The fourth-order valence-corrected chi connectivity index (χ4v) is 7.47. The zero-order valence-corrected chi connectivity index (χ0v) is 31.2. The molecule has 1 aromatic heterocycles. The van der Waals surface area contributed by atoms with Gasteiger partial charge in [-0.2, -0.15) is 0 Å². The molecule has 0 aliphatic carbocycles. The van der Waals surface area contributed by atoms with Crippen LogP contribution in [0.5, 0.6) is 0 Å². The van der Waals surface area contributed by atoms with Crippen molar-refractivity contribution in [2.45, 2.75) is 0 Å². The highest BCUT2D eigenvalue weighted by atomic mass is 16.5. The number of nitrogens with one attached hydrogen (secondary N) is 1. The second-order valence-corrected chi connectivity index (χ2v) is 14.0. The third kappa shape index (κ3) is 6.69. The highest BCUT2D eigenvalue weighted by Crippen LogP contribution is 2.38. The Hall–Kier alpha value is -8.64. The number of carboxylic acid groups (broad SMARTS) is 3. The van der Waals surface area contributed by atoms with Gasteiger partial charge in [0.1, 0.15) is 0 Å². The minimum atomic E-state index is -1.07. The van der Waals surface area contributed by atoms with Gasteiger partial charge in [0, 0.05) is 33.7 Å². The van der Waals surface area contributed by atoms with Crippen LogP contribution in [0.1, 0.15) is 59.2 Å². The van der Waals surface area contributed by atoms with Crippen molar-refractivity contribution in [3.8, 4) is 0 Å². The van der Waals surface area contributed by atoms with Crippen molar-refractivity contribution < 1.29 is 39.9 Å². The molecular weight excluding hydrogens is 761 g/mol. The van der Waals surface area contributed by atoms with Gasteiger partial charge in [0.25, 0.3) is 5.95 Å². The van der Waals surface area contributed by atoms with Crippen molar-refractivity contribution >= 4 is 63.3 Å². The molecule has 8 bridgehead atoms. The van der Waals surface area contributed by atoms with E-state index < -0.39 is 23.9 Å². The van der Waals surface area contributed by atoms with Crippen molar-refractivity contribution in [2.24, 2.45) is 15.0 Å². The summed E-state index contributed by atoms with van der Waals surface area (Å²) in [6.45, 7) is 0. The lowest BCUT2D eigenvalue weighted by Crippen LogP contribution is -2.20. The Morgan fingerprint density at radius 1 is 0.383 bits per heavy atom. The van der Waals surface area contributed by atoms with Gasteiger partial charge in [-0.15, -0.1) is 0 Å². The Labute approximate surface area is 340 Å². The van der Waals surface area contributed by atoms with Crippen molar-refractivity contribution in [1.29, 1.82) is 0 Å². The maximum Gasteiger partial charge on any atom is 0.335 e. The molecule has 0 fully saturated rings. The molecule has 12 heteroatoms. The van der Waals surface area contributed by atoms with E-state index in [1.54, 1.807) is 60.7 Å². The van der Waals surface area contributed by atoms with Crippen LogP contribution in [0, 0.1) is 0 Å². The molecule has 290 valence electrons. The molecule has 0 saturated carbocycles. The number of aromatic amines is 1. The number of aliphatic imine (C=N–C) groups is 3. The molecule has 4 aliphatic heterocycles. The van der Waals surface area contributed by atoms with Crippen LogP contribution in [-0.4, -0.2) is 65.6 Å². The average Bonchev–Trinajstić information content (AvgIpc) is 4.10. The fraction of sp³-hybridized carbons (Fsp3) is 0.